The molecule has 1 nitrogen and oxygen atoms in total. The molecule has 0 aromatic carbocycles. The van der Waals surface area contributed by atoms with Crippen molar-refractivity contribution >= 4 is 15.9 Å². The van der Waals surface area contributed by atoms with Gasteiger partial charge in [-0.05, 0) is 47.3 Å². The first-order chi connectivity index (χ1) is 5.74. The van der Waals surface area contributed by atoms with Crippen LogP contribution in [-0.4, -0.2) is 4.98 Å². The number of unbranched alkanes of at least 4 members (excludes halogenated alkanes) is 1. The second-order valence-electron chi connectivity index (χ2n) is 3.03. The van der Waals surface area contributed by atoms with Crippen molar-refractivity contribution in [2.45, 2.75) is 33.1 Å². The Bertz CT molecular complexity index is 258. The van der Waals surface area contributed by atoms with Gasteiger partial charge in [-0.3, -0.25) is 4.98 Å². The molecule has 0 aliphatic carbocycles. The van der Waals surface area contributed by atoms with Crippen LogP contribution in [0.3, 0.4) is 0 Å². The van der Waals surface area contributed by atoms with Crippen molar-refractivity contribution in [3.63, 3.8) is 0 Å². The van der Waals surface area contributed by atoms with Gasteiger partial charge >= 0.3 is 0 Å². The average molecular weight is 228 g/mol. The summed E-state index contributed by atoms with van der Waals surface area (Å²) in [4.78, 5) is 4.33. The van der Waals surface area contributed by atoms with Crippen molar-refractivity contribution in [1.82, 2.24) is 4.98 Å². The van der Waals surface area contributed by atoms with E-state index in [2.05, 4.69) is 40.8 Å². The molecular weight excluding hydrogens is 214 g/mol. The van der Waals surface area contributed by atoms with Crippen LogP contribution in [0.25, 0.3) is 0 Å². The maximum absolute atomic E-state index is 4.33. The molecule has 1 rings (SSSR count). The fourth-order valence-corrected chi connectivity index (χ4v) is 1.31. The summed E-state index contributed by atoms with van der Waals surface area (Å²) in [6.07, 6.45) is 5.45. The summed E-state index contributed by atoms with van der Waals surface area (Å²) in [7, 11) is 0. The highest BCUT2D eigenvalue weighted by molar-refractivity contribution is 9.10. The number of aryl methyl sites for hydroxylation is 2. The minimum atomic E-state index is 1.10. The van der Waals surface area contributed by atoms with Gasteiger partial charge in [-0.15, -0.1) is 0 Å². The fraction of sp³-hybridized carbons (Fsp3) is 0.500. The lowest BCUT2D eigenvalue weighted by atomic mass is 10.1. The van der Waals surface area contributed by atoms with Gasteiger partial charge < -0.3 is 0 Å². The van der Waals surface area contributed by atoms with Gasteiger partial charge in [0.05, 0.1) is 0 Å². The van der Waals surface area contributed by atoms with Gasteiger partial charge in [-0.2, -0.15) is 0 Å². The second-order valence-corrected chi connectivity index (χ2v) is 3.88. The molecule has 2 heteroatoms. The van der Waals surface area contributed by atoms with Crippen LogP contribution < -0.4 is 0 Å². The lowest BCUT2D eigenvalue weighted by Crippen LogP contribution is -1.90. The minimum Gasteiger partial charge on any atom is -0.260 e. The molecule has 0 fully saturated rings. The predicted octanol–water partition coefficient (Wildman–Crippen LogP) is 3.50. The lowest BCUT2D eigenvalue weighted by Gasteiger charge is -2.01. The van der Waals surface area contributed by atoms with Crippen LogP contribution in [0.2, 0.25) is 0 Å². The SMILES string of the molecule is CCCCc1cc(C)c(Br)cn1. The highest BCUT2D eigenvalue weighted by atomic mass is 79.9. The van der Waals surface area contributed by atoms with Gasteiger partial charge in [0.2, 0.25) is 0 Å². The third kappa shape index (κ3) is 2.59. The summed E-state index contributed by atoms with van der Waals surface area (Å²) in [5.74, 6) is 0. The first kappa shape index (κ1) is 9.72. The molecule has 0 atom stereocenters. The van der Waals surface area contributed by atoms with E-state index in [1.807, 2.05) is 6.20 Å². The summed E-state index contributed by atoms with van der Waals surface area (Å²) < 4.78 is 1.10. The Morgan fingerprint density at radius 3 is 2.83 bits per heavy atom. The van der Waals surface area contributed by atoms with E-state index in [4.69, 9.17) is 0 Å². The Balaban J connectivity index is 2.69. The van der Waals surface area contributed by atoms with Crippen LogP contribution in [-0.2, 0) is 6.42 Å². The Morgan fingerprint density at radius 1 is 1.50 bits per heavy atom. The molecule has 66 valence electrons. The van der Waals surface area contributed by atoms with Gasteiger partial charge in [0, 0.05) is 16.4 Å². The summed E-state index contributed by atoms with van der Waals surface area (Å²) in [6, 6.07) is 2.15. The van der Waals surface area contributed by atoms with Gasteiger partial charge in [-0.25, -0.2) is 0 Å². The zero-order valence-electron chi connectivity index (χ0n) is 7.60. The third-order valence-corrected chi connectivity index (χ3v) is 2.72. The summed E-state index contributed by atoms with van der Waals surface area (Å²) >= 11 is 3.44. The molecule has 0 spiro atoms. The number of hydrogen-bond acceptors (Lipinski definition) is 1. The summed E-state index contributed by atoms with van der Waals surface area (Å²) in [6.45, 7) is 4.30. The maximum Gasteiger partial charge on any atom is 0.0416 e. The van der Waals surface area contributed by atoms with E-state index < -0.39 is 0 Å². The maximum atomic E-state index is 4.33. The Hall–Kier alpha value is -0.370. The molecule has 0 radical (unpaired) electrons. The molecule has 1 heterocycles. The number of hydrogen-bond donors (Lipinski definition) is 0. The molecule has 1 aromatic heterocycles. The van der Waals surface area contributed by atoms with Gasteiger partial charge in [-0.1, -0.05) is 13.3 Å². The molecule has 0 bridgehead atoms. The van der Waals surface area contributed by atoms with Crippen LogP contribution in [0.5, 0.6) is 0 Å². The van der Waals surface area contributed by atoms with Crippen LogP contribution in [0.4, 0.5) is 0 Å². The number of rotatable bonds is 3. The standard InChI is InChI=1S/C10H14BrN/c1-3-4-5-9-6-8(2)10(11)7-12-9/h6-7H,3-5H2,1-2H3. The van der Waals surface area contributed by atoms with Crippen LogP contribution >= 0.6 is 15.9 Å². The van der Waals surface area contributed by atoms with E-state index in [1.54, 1.807) is 0 Å². The topological polar surface area (TPSA) is 12.9 Å². The van der Waals surface area contributed by atoms with Crippen LogP contribution in [0.15, 0.2) is 16.7 Å². The predicted molar refractivity (Wildman–Crippen MR) is 55.3 cm³/mol. The van der Waals surface area contributed by atoms with Crippen molar-refractivity contribution in [1.29, 1.82) is 0 Å². The van der Waals surface area contributed by atoms with E-state index in [1.165, 1.54) is 24.1 Å². The fourth-order valence-electron chi connectivity index (χ4n) is 1.09. The molecule has 0 amide bonds. The molecule has 0 aliphatic rings. The van der Waals surface area contributed by atoms with Crippen molar-refractivity contribution < 1.29 is 0 Å². The normalized spacial score (nSPS) is 10.2. The van der Waals surface area contributed by atoms with Crippen LogP contribution in [0, 0.1) is 6.92 Å². The second kappa shape index (κ2) is 4.61. The lowest BCUT2D eigenvalue weighted by molar-refractivity contribution is 0.775. The first-order valence-electron chi connectivity index (χ1n) is 4.35. The molecule has 0 N–H and O–H groups in total. The number of nitrogens with zero attached hydrogens (tertiary/aromatic N) is 1. The van der Waals surface area contributed by atoms with Crippen molar-refractivity contribution in [3.8, 4) is 0 Å². The van der Waals surface area contributed by atoms with E-state index in [9.17, 15) is 0 Å². The Morgan fingerprint density at radius 2 is 2.25 bits per heavy atom. The zero-order chi connectivity index (χ0) is 8.97. The minimum absolute atomic E-state index is 1.10. The van der Waals surface area contributed by atoms with Gasteiger partial charge in [0.25, 0.3) is 0 Å². The molecule has 0 saturated carbocycles. The Labute approximate surface area is 82.3 Å². The zero-order valence-corrected chi connectivity index (χ0v) is 9.19. The number of aromatic nitrogens is 1. The monoisotopic (exact) mass is 227 g/mol. The van der Waals surface area contributed by atoms with E-state index in [0.717, 1.165) is 10.9 Å². The molecule has 12 heavy (non-hydrogen) atoms. The quantitative estimate of drug-likeness (QED) is 0.771. The third-order valence-electron chi connectivity index (χ3n) is 1.89. The summed E-state index contributed by atoms with van der Waals surface area (Å²) in [5.41, 5.74) is 2.48. The molecule has 1 aromatic rings. The average Bonchev–Trinajstić information content (AvgIpc) is 2.07. The highest BCUT2D eigenvalue weighted by Crippen LogP contribution is 2.15. The number of halogens is 1. The molecule has 0 unspecified atom stereocenters. The van der Waals surface area contributed by atoms with E-state index in [-0.39, 0.29) is 0 Å². The van der Waals surface area contributed by atoms with E-state index in [0.29, 0.717) is 0 Å². The summed E-state index contributed by atoms with van der Waals surface area (Å²) in [5, 5.41) is 0. The first-order valence-corrected chi connectivity index (χ1v) is 5.14. The number of pyridine rings is 1. The Kier molecular flexibility index (Phi) is 3.73. The van der Waals surface area contributed by atoms with E-state index >= 15 is 0 Å². The van der Waals surface area contributed by atoms with Crippen LogP contribution in [0.1, 0.15) is 31.0 Å². The molecule has 0 saturated heterocycles. The van der Waals surface area contributed by atoms with Gasteiger partial charge in [0.15, 0.2) is 0 Å². The highest BCUT2D eigenvalue weighted by Gasteiger charge is 1.97. The van der Waals surface area contributed by atoms with Crippen molar-refractivity contribution in [3.05, 3.63) is 28.0 Å². The van der Waals surface area contributed by atoms with Gasteiger partial charge in [0.1, 0.15) is 0 Å². The molecular formula is C10H14BrN. The smallest absolute Gasteiger partial charge is 0.0416 e. The van der Waals surface area contributed by atoms with Crippen molar-refractivity contribution in [2.24, 2.45) is 0 Å². The van der Waals surface area contributed by atoms with Crippen molar-refractivity contribution in [2.75, 3.05) is 0 Å². The largest absolute Gasteiger partial charge is 0.260 e. The molecule has 0 aliphatic heterocycles.